The molecular formula is C20H17N3O4S. The van der Waals surface area contributed by atoms with Crippen LogP contribution >= 0.6 is 11.8 Å². The summed E-state index contributed by atoms with van der Waals surface area (Å²) in [6.07, 6.45) is 0.876. The van der Waals surface area contributed by atoms with Crippen LogP contribution in [-0.2, 0) is 11.2 Å². The van der Waals surface area contributed by atoms with Gasteiger partial charge in [0.05, 0.1) is 5.75 Å². The molecule has 2 aliphatic rings. The number of carbonyl (C=O) groups is 1. The molecule has 0 spiro atoms. The second kappa shape index (κ2) is 6.87. The van der Waals surface area contributed by atoms with E-state index in [4.69, 9.17) is 13.9 Å². The lowest BCUT2D eigenvalue weighted by atomic mass is 10.1. The predicted octanol–water partition coefficient (Wildman–Crippen LogP) is 3.54. The summed E-state index contributed by atoms with van der Waals surface area (Å²) in [5.74, 6) is 2.00. The lowest BCUT2D eigenvalue weighted by Gasteiger charge is -2.22. The van der Waals surface area contributed by atoms with E-state index < -0.39 is 0 Å². The van der Waals surface area contributed by atoms with Crippen molar-refractivity contribution in [3.8, 4) is 23.0 Å². The molecule has 0 N–H and O–H groups in total. The van der Waals surface area contributed by atoms with Gasteiger partial charge in [0.2, 0.25) is 18.6 Å². The molecule has 2 aromatic carbocycles. The van der Waals surface area contributed by atoms with Crippen LogP contribution in [0, 0.1) is 0 Å². The van der Waals surface area contributed by atoms with Gasteiger partial charge in [-0.15, -0.1) is 10.2 Å². The van der Waals surface area contributed by atoms with Crippen molar-refractivity contribution in [2.75, 3.05) is 17.4 Å². The van der Waals surface area contributed by atoms with Crippen LogP contribution < -0.4 is 14.4 Å². The van der Waals surface area contributed by atoms with Crippen molar-refractivity contribution in [1.29, 1.82) is 0 Å². The van der Waals surface area contributed by atoms with Crippen LogP contribution in [0.15, 0.2) is 52.1 Å². The second-order valence-electron chi connectivity index (χ2n) is 6.68. The highest BCUT2D eigenvalue weighted by Crippen LogP contribution is 2.36. The zero-order valence-electron chi connectivity index (χ0n) is 15.1. The molecule has 28 heavy (non-hydrogen) atoms. The summed E-state index contributed by atoms with van der Waals surface area (Å²) >= 11 is 1.25. The highest BCUT2D eigenvalue weighted by atomic mass is 32.2. The van der Waals surface area contributed by atoms with Crippen LogP contribution in [0.3, 0.4) is 0 Å². The van der Waals surface area contributed by atoms with Gasteiger partial charge < -0.3 is 18.8 Å². The van der Waals surface area contributed by atoms with Crippen LogP contribution in [0.2, 0.25) is 0 Å². The number of benzene rings is 2. The summed E-state index contributed by atoms with van der Waals surface area (Å²) in [7, 11) is 0. The van der Waals surface area contributed by atoms with Crippen molar-refractivity contribution < 1.29 is 18.7 Å². The Bertz CT molecular complexity index is 1050. The fraction of sp³-hybridized carbons (Fsp3) is 0.250. The number of aromatic nitrogens is 2. The molecule has 0 unspecified atom stereocenters. The minimum absolute atomic E-state index is 0.0327. The molecule has 1 aromatic heterocycles. The third kappa shape index (κ3) is 2.99. The molecule has 3 heterocycles. The average Bonchev–Trinajstić information content (AvgIpc) is 3.42. The average molecular weight is 395 g/mol. The van der Waals surface area contributed by atoms with E-state index in [-0.39, 0.29) is 24.5 Å². The molecule has 0 saturated carbocycles. The number of anilines is 1. The fourth-order valence-corrected chi connectivity index (χ4v) is 4.18. The zero-order valence-corrected chi connectivity index (χ0v) is 15.9. The Morgan fingerprint density at radius 3 is 2.96 bits per heavy atom. The lowest BCUT2D eigenvalue weighted by Crippen LogP contribution is -2.36. The Hall–Kier alpha value is -3.00. The minimum atomic E-state index is 0.0327. The van der Waals surface area contributed by atoms with Crippen LogP contribution in [0.25, 0.3) is 11.5 Å². The minimum Gasteiger partial charge on any atom is -0.454 e. The summed E-state index contributed by atoms with van der Waals surface area (Å²) in [5.41, 5.74) is 2.94. The van der Waals surface area contributed by atoms with Gasteiger partial charge in [-0.3, -0.25) is 4.79 Å². The maximum absolute atomic E-state index is 12.8. The first-order valence-corrected chi connectivity index (χ1v) is 9.94. The van der Waals surface area contributed by atoms with Crippen molar-refractivity contribution in [3.63, 3.8) is 0 Å². The first-order chi connectivity index (χ1) is 13.7. The van der Waals surface area contributed by atoms with Gasteiger partial charge in [-0.05, 0) is 43.2 Å². The van der Waals surface area contributed by atoms with Gasteiger partial charge in [0, 0.05) is 17.3 Å². The van der Waals surface area contributed by atoms with Crippen molar-refractivity contribution in [3.05, 3.63) is 48.0 Å². The van der Waals surface area contributed by atoms with Gasteiger partial charge in [0.1, 0.15) is 0 Å². The highest BCUT2D eigenvalue weighted by Gasteiger charge is 2.30. The summed E-state index contributed by atoms with van der Waals surface area (Å²) in [6, 6.07) is 13.6. The summed E-state index contributed by atoms with van der Waals surface area (Å²) in [4.78, 5) is 14.6. The number of nitrogens with zero attached hydrogens (tertiary/aromatic N) is 3. The third-order valence-electron chi connectivity index (χ3n) is 4.82. The van der Waals surface area contributed by atoms with E-state index in [1.54, 1.807) is 6.07 Å². The lowest BCUT2D eigenvalue weighted by molar-refractivity contribution is -0.116. The molecule has 0 bridgehead atoms. The normalized spacial score (nSPS) is 17.0. The number of rotatable bonds is 4. The van der Waals surface area contributed by atoms with E-state index in [0.717, 1.165) is 17.7 Å². The molecule has 142 valence electrons. The van der Waals surface area contributed by atoms with Gasteiger partial charge >= 0.3 is 0 Å². The molecule has 1 amide bonds. The molecule has 0 radical (unpaired) electrons. The number of hydrogen-bond acceptors (Lipinski definition) is 7. The molecule has 0 fully saturated rings. The quantitative estimate of drug-likeness (QED) is 0.625. The molecular weight excluding hydrogens is 378 g/mol. The molecule has 0 aliphatic carbocycles. The maximum Gasteiger partial charge on any atom is 0.277 e. The third-order valence-corrected chi connectivity index (χ3v) is 5.62. The molecule has 3 aromatic rings. The monoisotopic (exact) mass is 395 g/mol. The SMILES string of the molecule is C[C@H]1Cc2ccccc2N1C(=O)CSc1nnc(-c2ccc3c(c2)OCO3)o1. The van der Waals surface area contributed by atoms with Crippen LogP contribution in [0.4, 0.5) is 5.69 Å². The van der Waals surface area contributed by atoms with Gasteiger partial charge in [-0.1, -0.05) is 30.0 Å². The van der Waals surface area contributed by atoms with Crippen molar-refractivity contribution in [2.24, 2.45) is 0 Å². The number of amides is 1. The molecule has 7 nitrogen and oxygen atoms in total. The van der Waals surface area contributed by atoms with Gasteiger partial charge in [-0.2, -0.15) is 0 Å². The van der Waals surface area contributed by atoms with E-state index in [9.17, 15) is 4.79 Å². The number of carbonyl (C=O) groups excluding carboxylic acids is 1. The number of para-hydroxylation sites is 1. The van der Waals surface area contributed by atoms with Crippen LogP contribution in [-0.4, -0.2) is 34.7 Å². The number of ether oxygens (including phenoxy) is 2. The van der Waals surface area contributed by atoms with E-state index in [1.807, 2.05) is 35.2 Å². The van der Waals surface area contributed by atoms with Crippen LogP contribution in [0.5, 0.6) is 11.5 Å². The Labute approximate surface area is 165 Å². The predicted molar refractivity (Wildman–Crippen MR) is 104 cm³/mol. The topological polar surface area (TPSA) is 77.7 Å². The molecule has 2 aliphatic heterocycles. The van der Waals surface area contributed by atoms with Crippen molar-refractivity contribution in [1.82, 2.24) is 10.2 Å². The summed E-state index contributed by atoms with van der Waals surface area (Å²) in [5, 5.41) is 8.49. The van der Waals surface area contributed by atoms with Gasteiger partial charge in [0.25, 0.3) is 5.22 Å². The van der Waals surface area contributed by atoms with E-state index in [0.29, 0.717) is 22.6 Å². The van der Waals surface area contributed by atoms with Crippen molar-refractivity contribution >= 4 is 23.4 Å². The number of thioether (sulfide) groups is 1. The Balaban J connectivity index is 1.27. The van der Waals surface area contributed by atoms with Crippen LogP contribution in [0.1, 0.15) is 12.5 Å². The highest BCUT2D eigenvalue weighted by molar-refractivity contribution is 7.99. The summed E-state index contributed by atoms with van der Waals surface area (Å²) in [6.45, 7) is 2.27. The van der Waals surface area contributed by atoms with E-state index in [1.165, 1.54) is 17.3 Å². The second-order valence-corrected chi connectivity index (χ2v) is 7.60. The first-order valence-electron chi connectivity index (χ1n) is 8.95. The van der Waals surface area contributed by atoms with E-state index >= 15 is 0 Å². The van der Waals surface area contributed by atoms with Gasteiger partial charge in [0.15, 0.2) is 11.5 Å². The smallest absolute Gasteiger partial charge is 0.277 e. The number of hydrogen-bond donors (Lipinski definition) is 0. The first kappa shape index (κ1) is 17.1. The maximum atomic E-state index is 12.8. The van der Waals surface area contributed by atoms with E-state index in [2.05, 4.69) is 23.2 Å². The standard InChI is InChI=1S/C20H17N3O4S/c1-12-8-13-4-2-3-5-15(13)23(12)18(24)10-28-20-22-21-19(27-20)14-6-7-16-17(9-14)26-11-25-16/h2-7,9,12H,8,10-11H2,1H3/t12-/m0/s1. The Morgan fingerprint density at radius 2 is 2.04 bits per heavy atom. The molecule has 0 saturated heterocycles. The molecule has 1 atom stereocenters. The summed E-state index contributed by atoms with van der Waals surface area (Å²) < 4.78 is 16.4. The van der Waals surface area contributed by atoms with Crippen molar-refractivity contribution in [2.45, 2.75) is 24.6 Å². The molecule has 5 rings (SSSR count). The largest absolute Gasteiger partial charge is 0.454 e. The Kier molecular flexibility index (Phi) is 4.20. The number of fused-ring (bicyclic) bond motifs is 2. The Morgan fingerprint density at radius 1 is 1.18 bits per heavy atom. The van der Waals surface area contributed by atoms with Gasteiger partial charge in [-0.25, -0.2) is 0 Å². The fourth-order valence-electron chi connectivity index (χ4n) is 3.55. The zero-order chi connectivity index (χ0) is 19.1. The molecule has 8 heteroatoms.